The van der Waals surface area contributed by atoms with Crippen molar-refractivity contribution in [3.8, 4) is 0 Å². The molecule has 0 amide bonds. The van der Waals surface area contributed by atoms with Gasteiger partial charge in [-0.2, -0.15) is 17.7 Å². The first-order chi connectivity index (χ1) is 16.0. The zero-order chi connectivity index (χ0) is 23.4. The van der Waals surface area contributed by atoms with Crippen molar-refractivity contribution < 1.29 is 18.7 Å². The summed E-state index contributed by atoms with van der Waals surface area (Å²) in [5.74, 6) is -0.438. The number of benzene rings is 1. The van der Waals surface area contributed by atoms with Gasteiger partial charge in [-0.3, -0.25) is 19.2 Å². The second-order valence-corrected chi connectivity index (χ2v) is 9.28. The molecule has 0 bridgehead atoms. The third kappa shape index (κ3) is 5.92. The van der Waals surface area contributed by atoms with Gasteiger partial charge in [0.15, 0.2) is 5.78 Å². The molecule has 1 saturated carbocycles. The molecule has 2 aromatic rings. The zero-order valence-electron chi connectivity index (χ0n) is 18.8. The molecule has 1 aromatic heterocycles. The molecule has 2 aliphatic rings. The molecule has 1 aliphatic carbocycles. The highest BCUT2D eigenvalue weighted by atomic mass is 32.1. The minimum absolute atomic E-state index is 0.0332. The molecule has 6 nitrogen and oxygen atoms in total. The maximum atomic E-state index is 14.7. The van der Waals surface area contributed by atoms with Crippen LogP contribution in [0.3, 0.4) is 0 Å². The molecule has 0 radical (unpaired) electrons. The number of aromatic nitrogens is 2. The molecule has 0 unspecified atom stereocenters. The van der Waals surface area contributed by atoms with Crippen LogP contribution in [-0.2, 0) is 20.9 Å². The second-order valence-electron chi connectivity index (χ2n) is 8.65. The minimum Gasteiger partial charge on any atom is -0.466 e. The molecule has 1 aliphatic heterocycles. The normalized spacial score (nSPS) is 21.2. The Morgan fingerprint density at radius 3 is 2.79 bits per heavy atom. The Morgan fingerprint density at radius 1 is 1.27 bits per heavy atom. The molecule has 8 heteroatoms. The maximum absolute atomic E-state index is 14.7. The van der Waals surface area contributed by atoms with Gasteiger partial charge in [-0.25, -0.2) is 4.39 Å². The molecule has 4 rings (SSSR count). The highest BCUT2D eigenvalue weighted by Gasteiger charge is 2.40. The van der Waals surface area contributed by atoms with Crippen molar-refractivity contribution in [1.29, 1.82) is 0 Å². The van der Waals surface area contributed by atoms with Gasteiger partial charge in [-0.1, -0.05) is 18.2 Å². The van der Waals surface area contributed by atoms with Crippen LogP contribution in [0.2, 0.25) is 0 Å². The number of thiol groups is 1. The van der Waals surface area contributed by atoms with Crippen molar-refractivity contribution in [3.63, 3.8) is 0 Å². The summed E-state index contributed by atoms with van der Waals surface area (Å²) in [4.78, 5) is 26.8. The maximum Gasteiger partial charge on any atom is 0.307 e. The monoisotopic (exact) mass is 471 g/mol. The van der Waals surface area contributed by atoms with Gasteiger partial charge in [0.1, 0.15) is 5.82 Å². The van der Waals surface area contributed by atoms with Gasteiger partial charge < -0.3 is 4.74 Å². The van der Waals surface area contributed by atoms with Crippen molar-refractivity contribution in [2.75, 3.05) is 19.7 Å². The fourth-order valence-corrected chi connectivity index (χ4v) is 4.55. The van der Waals surface area contributed by atoms with E-state index in [1.165, 1.54) is 6.07 Å². The van der Waals surface area contributed by atoms with Crippen LogP contribution in [0.1, 0.15) is 49.9 Å². The second kappa shape index (κ2) is 10.7. The van der Waals surface area contributed by atoms with Gasteiger partial charge >= 0.3 is 5.97 Å². The lowest BCUT2D eigenvalue weighted by molar-refractivity contribution is -0.143. The lowest BCUT2D eigenvalue weighted by atomic mass is 9.93. The number of ether oxygens (including phenoxy) is 1. The number of hydrogen-bond acceptors (Lipinski definition) is 6. The van der Waals surface area contributed by atoms with Crippen LogP contribution in [0.25, 0.3) is 6.08 Å². The number of nitrogens with zero attached hydrogens (tertiary/aromatic N) is 3. The van der Waals surface area contributed by atoms with Crippen LogP contribution in [0.4, 0.5) is 4.39 Å². The number of carbonyl (C=O) groups is 2. The first-order valence-corrected chi connectivity index (χ1v) is 12.1. The van der Waals surface area contributed by atoms with Gasteiger partial charge in [-0.05, 0) is 50.0 Å². The molecule has 1 aromatic carbocycles. The number of piperidine rings is 1. The number of rotatable bonds is 9. The number of hydrogen-bond donors (Lipinski definition) is 1. The third-order valence-electron chi connectivity index (χ3n) is 6.16. The Morgan fingerprint density at radius 2 is 2.06 bits per heavy atom. The van der Waals surface area contributed by atoms with E-state index in [2.05, 4.69) is 10.00 Å². The number of aryl methyl sites for hydroxylation is 1. The quantitative estimate of drug-likeness (QED) is 0.441. The van der Waals surface area contributed by atoms with Gasteiger partial charge in [-0.15, -0.1) is 0 Å². The van der Waals surface area contributed by atoms with Gasteiger partial charge in [0.2, 0.25) is 0 Å². The van der Waals surface area contributed by atoms with Crippen molar-refractivity contribution in [2.45, 2.75) is 50.4 Å². The average Bonchev–Trinajstić information content (AvgIpc) is 3.56. The molecule has 1 saturated heterocycles. The van der Waals surface area contributed by atoms with Gasteiger partial charge in [0.05, 0.1) is 31.3 Å². The van der Waals surface area contributed by atoms with E-state index in [4.69, 9.17) is 17.4 Å². The molecule has 2 fully saturated rings. The lowest BCUT2D eigenvalue weighted by Crippen LogP contribution is -2.42. The highest BCUT2D eigenvalue weighted by Crippen LogP contribution is 2.39. The summed E-state index contributed by atoms with van der Waals surface area (Å²) in [5.41, 5.74) is 2.27. The Bertz CT molecular complexity index is 1030. The zero-order valence-corrected chi connectivity index (χ0v) is 19.7. The number of ketones is 1. The highest BCUT2D eigenvalue weighted by molar-refractivity contribution is 7.81. The number of Topliss-reactive ketones (excluding diaryl/α,β-unsaturated/α-hetero) is 1. The topological polar surface area (TPSA) is 64.4 Å². The summed E-state index contributed by atoms with van der Waals surface area (Å²) in [6.07, 6.45) is 6.63. The van der Waals surface area contributed by atoms with Crippen LogP contribution in [-0.4, -0.2) is 51.4 Å². The van der Waals surface area contributed by atoms with E-state index in [1.807, 2.05) is 18.3 Å². The Hall–Kier alpha value is -2.45. The van der Waals surface area contributed by atoms with Crippen LogP contribution in [0.15, 0.2) is 42.1 Å². The molecular weight excluding hydrogens is 441 g/mol. The number of halogens is 1. The van der Waals surface area contributed by atoms with E-state index in [1.54, 1.807) is 29.8 Å². The SMILES string of the molecule is CCOC(=O)CCn1ccc(C=C2CN([C@@H](C(=O)C3CC3)c3ccccc3F)CC[C@H]2S)n1. The van der Waals surface area contributed by atoms with E-state index in [9.17, 15) is 14.0 Å². The van der Waals surface area contributed by atoms with E-state index < -0.39 is 6.04 Å². The summed E-state index contributed by atoms with van der Waals surface area (Å²) in [7, 11) is 0. The van der Waals surface area contributed by atoms with Crippen LogP contribution in [0, 0.1) is 11.7 Å². The standard InChI is InChI=1S/C25H30FN3O3S/c1-2-32-23(30)11-14-29-13-9-19(27-29)15-18-16-28(12-10-22(18)33)24(25(31)17-7-8-17)20-5-3-4-6-21(20)26/h3-6,9,13,15,17,22,24,33H,2,7-8,10-12,14,16H2,1H3/t22-,24-/m1/s1. The van der Waals surface area contributed by atoms with E-state index in [-0.39, 0.29) is 35.2 Å². The Labute approximate surface area is 199 Å². The van der Waals surface area contributed by atoms with Crippen LogP contribution in [0.5, 0.6) is 0 Å². The van der Waals surface area contributed by atoms with Crippen molar-refractivity contribution >= 4 is 30.5 Å². The van der Waals surface area contributed by atoms with Gasteiger partial charge in [0, 0.05) is 36.0 Å². The summed E-state index contributed by atoms with van der Waals surface area (Å²) in [6.45, 7) is 3.81. The fourth-order valence-electron chi connectivity index (χ4n) is 4.28. The van der Waals surface area contributed by atoms with Crippen molar-refractivity contribution in [3.05, 3.63) is 59.2 Å². The third-order valence-corrected chi connectivity index (χ3v) is 6.75. The summed E-state index contributed by atoms with van der Waals surface area (Å²) in [6, 6.07) is 7.90. The average molecular weight is 472 g/mol. The summed E-state index contributed by atoms with van der Waals surface area (Å²) >= 11 is 4.76. The summed E-state index contributed by atoms with van der Waals surface area (Å²) < 4.78 is 21.4. The summed E-state index contributed by atoms with van der Waals surface area (Å²) in [5, 5.41) is 4.58. The van der Waals surface area contributed by atoms with E-state index >= 15 is 0 Å². The molecule has 2 heterocycles. The van der Waals surface area contributed by atoms with Crippen molar-refractivity contribution in [1.82, 2.24) is 14.7 Å². The lowest BCUT2D eigenvalue weighted by Gasteiger charge is -2.37. The molecule has 0 N–H and O–H groups in total. The van der Waals surface area contributed by atoms with E-state index in [0.717, 1.165) is 30.5 Å². The largest absolute Gasteiger partial charge is 0.466 e. The predicted octanol–water partition coefficient (Wildman–Crippen LogP) is 4.08. The minimum atomic E-state index is -0.579. The first kappa shape index (κ1) is 23.7. The van der Waals surface area contributed by atoms with Crippen LogP contribution >= 0.6 is 12.6 Å². The molecule has 33 heavy (non-hydrogen) atoms. The predicted molar refractivity (Wildman–Crippen MR) is 127 cm³/mol. The number of esters is 1. The number of likely N-dealkylation sites (tertiary alicyclic amines) is 1. The molecular formula is C25H30FN3O3S. The fraction of sp³-hybridized carbons (Fsp3) is 0.480. The van der Waals surface area contributed by atoms with Crippen LogP contribution < -0.4 is 0 Å². The number of carbonyl (C=O) groups excluding carboxylic acids is 2. The molecule has 2 atom stereocenters. The van der Waals surface area contributed by atoms with E-state index in [0.29, 0.717) is 31.8 Å². The molecule has 176 valence electrons. The van der Waals surface area contributed by atoms with Gasteiger partial charge in [0.25, 0.3) is 0 Å². The first-order valence-electron chi connectivity index (χ1n) is 11.6. The molecule has 0 spiro atoms. The Balaban J connectivity index is 1.51. The van der Waals surface area contributed by atoms with Crippen molar-refractivity contribution in [2.24, 2.45) is 5.92 Å². The Kier molecular flexibility index (Phi) is 7.65. The smallest absolute Gasteiger partial charge is 0.307 e.